The van der Waals surface area contributed by atoms with Gasteiger partial charge >= 0.3 is 11.9 Å². The average Bonchev–Trinajstić information content (AvgIpc) is 2.93. The molecule has 3 rings (SSSR count). The lowest BCUT2D eigenvalue weighted by atomic mass is 10.0. The molecule has 0 aliphatic heterocycles. The van der Waals surface area contributed by atoms with Crippen LogP contribution in [0.4, 0.5) is 13.2 Å². The summed E-state index contributed by atoms with van der Waals surface area (Å²) in [5.74, 6) is -0.694. The number of alkyl halides is 3. The molecule has 0 unspecified atom stereocenters. The zero-order valence-corrected chi connectivity index (χ0v) is 10.9. The molecular formula is C14H8F3N3O2. The lowest BCUT2D eigenvalue weighted by Crippen LogP contribution is -2.04. The van der Waals surface area contributed by atoms with E-state index in [4.69, 9.17) is 0 Å². The van der Waals surface area contributed by atoms with E-state index in [1.165, 1.54) is 18.3 Å². The minimum absolute atomic E-state index is 0.110. The van der Waals surface area contributed by atoms with Gasteiger partial charge in [0.1, 0.15) is 5.69 Å². The predicted octanol–water partition coefficient (Wildman–Crippen LogP) is 3.11. The first-order chi connectivity index (χ1) is 10.4. The van der Waals surface area contributed by atoms with Crippen molar-refractivity contribution < 1.29 is 17.7 Å². The van der Waals surface area contributed by atoms with Gasteiger partial charge in [-0.1, -0.05) is 12.1 Å². The van der Waals surface area contributed by atoms with Gasteiger partial charge in [-0.2, -0.15) is 23.3 Å². The van der Waals surface area contributed by atoms with Crippen LogP contribution in [0.3, 0.4) is 0 Å². The molecular weight excluding hydrogens is 299 g/mol. The third kappa shape index (κ3) is 2.76. The van der Waals surface area contributed by atoms with Crippen LogP contribution in [0.15, 0.2) is 51.9 Å². The number of aromatic nitrogens is 3. The first-order valence-electron chi connectivity index (χ1n) is 6.13. The van der Waals surface area contributed by atoms with E-state index in [0.29, 0.717) is 16.8 Å². The predicted molar refractivity (Wildman–Crippen MR) is 70.8 cm³/mol. The van der Waals surface area contributed by atoms with Gasteiger partial charge < -0.3 is 4.52 Å². The molecule has 112 valence electrons. The number of benzene rings is 1. The number of aromatic amines is 1. The number of pyridine rings is 1. The van der Waals surface area contributed by atoms with Crippen LogP contribution in [-0.2, 0) is 6.18 Å². The fourth-order valence-electron chi connectivity index (χ4n) is 1.95. The molecule has 0 spiro atoms. The van der Waals surface area contributed by atoms with Crippen LogP contribution >= 0.6 is 0 Å². The van der Waals surface area contributed by atoms with Crippen LogP contribution in [0.1, 0.15) is 5.56 Å². The van der Waals surface area contributed by atoms with Crippen molar-refractivity contribution in [2.45, 2.75) is 6.18 Å². The Morgan fingerprint density at radius 2 is 1.86 bits per heavy atom. The summed E-state index contributed by atoms with van der Waals surface area (Å²) in [6, 6.07) is 8.02. The lowest BCUT2D eigenvalue weighted by molar-refractivity contribution is -0.137. The Morgan fingerprint density at radius 3 is 2.55 bits per heavy atom. The van der Waals surface area contributed by atoms with E-state index in [-0.39, 0.29) is 5.82 Å². The summed E-state index contributed by atoms with van der Waals surface area (Å²) in [7, 11) is 0. The first-order valence-corrected chi connectivity index (χ1v) is 6.13. The third-order valence-electron chi connectivity index (χ3n) is 2.96. The highest BCUT2D eigenvalue weighted by Gasteiger charge is 2.30. The number of halogens is 3. The van der Waals surface area contributed by atoms with E-state index < -0.39 is 17.5 Å². The highest BCUT2D eigenvalue weighted by atomic mass is 19.4. The minimum atomic E-state index is -4.41. The van der Waals surface area contributed by atoms with Crippen molar-refractivity contribution in [3.05, 3.63) is 58.7 Å². The first kappa shape index (κ1) is 14.1. The number of hydrogen-bond donors (Lipinski definition) is 1. The molecule has 0 fully saturated rings. The van der Waals surface area contributed by atoms with Crippen molar-refractivity contribution in [3.63, 3.8) is 0 Å². The fraction of sp³-hybridized carbons (Fsp3) is 0.0714. The van der Waals surface area contributed by atoms with Crippen molar-refractivity contribution in [1.29, 1.82) is 0 Å². The highest BCUT2D eigenvalue weighted by Crippen LogP contribution is 2.32. The maximum absolute atomic E-state index is 12.8. The van der Waals surface area contributed by atoms with Crippen LogP contribution in [0.2, 0.25) is 0 Å². The maximum Gasteiger partial charge on any atom is 0.460 e. The summed E-state index contributed by atoms with van der Waals surface area (Å²) in [6.07, 6.45) is -3.00. The molecule has 0 aliphatic carbocycles. The third-order valence-corrected chi connectivity index (χ3v) is 2.96. The number of nitrogens with zero attached hydrogens (tertiary/aromatic N) is 2. The van der Waals surface area contributed by atoms with E-state index in [2.05, 4.69) is 19.6 Å². The summed E-state index contributed by atoms with van der Waals surface area (Å²) >= 11 is 0. The van der Waals surface area contributed by atoms with E-state index in [1.807, 2.05) is 0 Å². The van der Waals surface area contributed by atoms with Gasteiger partial charge in [0.15, 0.2) is 5.82 Å². The standard InChI is InChI=1S/C14H8F3N3O2/c15-14(16,17)10-3-1-2-8(6-10)9-4-5-18-11(7-9)12-19-13(21)22-20-12/h1-7H,(H,19,20,21). The molecule has 2 heterocycles. The number of hydrogen-bond acceptors (Lipinski definition) is 4. The molecule has 0 saturated heterocycles. The van der Waals surface area contributed by atoms with Crippen LogP contribution in [0.5, 0.6) is 0 Å². The van der Waals surface area contributed by atoms with Crippen molar-refractivity contribution in [2.24, 2.45) is 0 Å². The van der Waals surface area contributed by atoms with Gasteiger partial charge in [-0.15, -0.1) is 0 Å². The van der Waals surface area contributed by atoms with Crippen LogP contribution < -0.4 is 5.76 Å². The van der Waals surface area contributed by atoms with Crippen molar-refractivity contribution in [3.8, 4) is 22.6 Å². The Bertz CT molecular complexity index is 868. The maximum atomic E-state index is 12.8. The Kier molecular flexibility index (Phi) is 3.28. The van der Waals surface area contributed by atoms with Gasteiger partial charge in [0.25, 0.3) is 0 Å². The van der Waals surface area contributed by atoms with Crippen LogP contribution in [0.25, 0.3) is 22.6 Å². The van der Waals surface area contributed by atoms with E-state index in [1.54, 1.807) is 12.1 Å². The second-order valence-electron chi connectivity index (χ2n) is 4.44. The zero-order valence-electron chi connectivity index (χ0n) is 10.9. The molecule has 22 heavy (non-hydrogen) atoms. The second kappa shape index (κ2) is 5.14. The van der Waals surface area contributed by atoms with Gasteiger partial charge in [-0.25, -0.2) is 4.79 Å². The van der Waals surface area contributed by atoms with Crippen LogP contribution in [0, 0.1) is 0 Å². The molecule has 8 heteroatoms. The topological polar surface area (TPSA) is 71.8 Å². The minimum Gasteiger partial charge on any atom is -0.321 e. The van der Waals surface area contributed by atoms with Crippen LogP contribution in [-0.4, -0.2) is 15.1 Å². The summed E-state index contributed by atoms with van der Waals surface area (Å²) in [5.41, 5.74) is 0.447. The quantitative estimate of drug-likeness (QED) is 0.789. The van der Waals surface area contributed by atoms with E-state index in [0.717, 1.165) is 12.1 Å². The van der Waals surface area contributed by atoms with Gasteiger partial charge in [0.05, 0.1) is 5.56 Å². The molecule has 0 atom stereocenters. The molecule has 0 saturated carbocycles. The van der Waals surface area contributed by atoms with Gasteiger partial charge in [-0.3, -0.25) is 4.98 Å². The van der Waals surface area contributed by atoms with E-state index >= 15 is 0 Å². The molecule has 0 aliphatic rings. The number of H-pyrrole nitrogens is 1. The zero-order chi connectivity index (χ0) is 15.7. The summed E-state index contributed by atoms with van der Waals surface area (Å²) in [4.78, 5) is 18.5. The molecule has 5 nitrogen and oxygen atoms in total. The van der Waals surface area contributed by atoms with Gasteiger partial charge in [-0.05, 0) is 35.4 Å². The molecule has 3 aromatic rings. The average molecular weight is 307 g/mol. The number of rotatable bonds is 2. The monoisotopic (exact) mass is 307 g/mol. The molecule has 2 aromatic heterocycles. The summed E-state index contributed by atoms with van der Waals surface area (Å²) in [5, 5.41) is 2.29. The van der Waals surface area contributed by atoms with Gasteiger partial charge in [0.2, 0.25) is 0 Å². The second-order valence-corrected chi connectivity index (χ2v) is 4.44. The highest BCUT2D eigenvalue weighted by molar-refractivity contribution is 5.68. The normalized spacial score (nSPS) is 11.6. The summed E-state index contributed by atoms with van der Waals surface area (Å²) in [6.45, 7) is 0. The molecule has 0 amide bonds. The molecule has 1 N–H and O–H groups in total. The van der Waals surface area contributed by atoms with Gasteiger partial charge in [0, 0.05) is 6.20 Å². The van der Waals surface area contributed by atoms with Crippen molar-refractivity contribution >= 4 is 0 Å². The molecule has 0 bridgehead atoms. The molecule has 1 aromatic carbocycles. The Balaban J connectivity index is 2.04. The lowest BCUT2D eigenvalue weighted by Gasteiger charge is -2.09. The van der Waals surface area contributed by atoms with Crippen molar-refractivity contribution in [1.82, 2.24) is 15.1 Å². The number of nitrogens with one attached hydrogen (secondary N) is 1. The summed E-state index contributed by atoms with van der Waals surface area (Å²) < 4.78 is 42.7. The van der Waals surface area contributed by atoms with Crippen molar-refractivity contribution in [2.75, 3.05) is 0 Å². The largest absolute Gasteiger partial charge is 0.460 e. The fourth-order valence-corrected chi connectivity index (χ4v) is 1.95. The Morgan fingerprint density at radius 1 is 1.09 bits per heavy atom. The smallest absolute Gasteiger partial charge is 0.321 e. The SMILES string of the molecule is O=c1nc(-c2cc(-c3cccc(C(F)(F)F)c3)ccn2)[nH]o1. The van der Waals surface area contributed by atoms with E-state index in [9.17, 15) is 18.0 Å². The molecule has 0 radical (unpaired) electrons. The Labute approximate surface area is 121 Å². The Hall–Kier alpha value is -2.90.